The van der Waals surface area contributed by atoms with Crippen LogP contribution in [0, 0.1) is 0 Å². The van der Waals surface area contributed by atoms with E-state index in [-0.39, 0.29) is 19.0 Å². The highest BCUT2D eigenvalue weighted by atomic mass is 16.2. The van der Waals surface area contributed by atoms with Gasteiger partial charge in [0, 0.05) is 18.7 Å². The molecule has 3 rings (SSSR count). The van der Waals surface area contributed by atoms with Crippen LogP contribution in [-0.2, 0) is 13.1 Å². The lowest BCUT2D eigenvalue weighted by molar-refractivity contribution is 0.0953. The predicted octanol–water partition coefficient (Wildman–Crippen LogP) is 2.54. The number of hydrogen-bond acceptors (Lipinski definition) is 3. The number of aromatic nitrogens is 2. The van der Waals surface area contributed by atoms with Gasteiger partial charge in [-0.1, -0.05) is 37.3 Å². The van der Waals surface area contributed by atoms with Crippen molar-refractivity contribution in [2.75, 3.05) is 6.54 Å². The second-order valence-electron chi connectivity index (χ2n) is 6.54. The zero-order valence-electron chi connectivity index (χ0n) is 15.9. The number of hydrogen-bond donors (Lipinski definition) is 1. The molecular formula is C22H23N3O3. The lowest BCUT2D eigenvalue weighted by atomic mass is 10.1. The average Bonchev–Trinajstić information content (AvgIpc) is 2.73. The quantitative estimate of drug-likeness (QED) is 0.508. The van der Waals surface area contributed by atoms with E-state index in [0.717, 1.165) is 12.0 Å². The van der Waals surface area contributed by atoms with Crippen LogP contribution < -0.4 is 16.4 Å². The van der Waals surface area contributed by atoms with Gasteiger partial charge in [0.25, 0.3) is 5.91 Å². The highest BCUT2D eigenvalue weighted by Crippen LogP contribution is 2.13. The minimum absolute atomic E-state index is 0.122. The minimum Gasteiger partial charge on any atom is -0.352 e. The van der Waals surface area contributed by atoms with Gasteiger partial charge in [-0.25, -0.2) is 0 Å². The minimum atomic E-state index is -0.578. The molecule has 0 fully saturated rings. The van der Waals surface area contributed by atoms with Gasteiger partial charge in [-0.3, -0.25) is 23.5 Å². The van der Waals surface area contributed by atoms with Gasteiger partial charge in [0.2, 0.25) is 0 Å². The summed E-state index contributed by atoms with van der Waals surface area (Å²) in [5, 5.41) is 2.83. The summed E-state index contributed by atoms with van der Waals surface area (Å²) in [7, 11) is 0. The Hall–Kier alpha value is -3.41. The van der Waals surface area contributed by atoms with Gasteiger partial charge < -0.3 is 5.32 Å². The summed E-state index contributed by atoms with van der Waals surface area (Å²) in [4.78, 5) is 37.3. The smallest absolute Gasteiger partial charge is 0.317 e. The topological polar surface area (TPSA) is 73.1 Å². The van der Waals surface area contributed by atoms with Crippen molar-refractivity contribution in [1.29, 1.82) is 0 Å². The van der Waals surface area contributed by atoms with Crippen LogP contribution in [0.2, 0.25) is 0 Å². The summed E-state index contributed by atoms with van der Waals surface area (Å²) in [6.07, 6.45) is 2.47. The molecule has 6 nitrogen and oxygen atoms in total. The summed E-state index contributed by atoms with van der Waals surface area (Å²) in [6, 6.07) is 14.4. The van der Waals surface area contributed by atoms with Crippen molar-refractivity contribution < 1.29 is 4.79 Å². The lowest BCUT2D eigenvalue weighted by Crippen LogP contribution is -2.41. The fourth-order valence-corrected chi connectivity index (χ4v) is 3.12. The van der Waals surface area contributed by atoms with Crippen molar-refractivity contribution in [1.82, 2.24) is 14.5 Å². The van der Waals surface area contributed by atoms with Gasteiger partial charge in [0.1, 0.15) is 0 Å². The largest absolute Gasteiger partial charge is 0.352 e. The number of carbonyl (C=O) groups is 1. The maximum atomic E-state index is 12.7. The molecule has 6 heteroatoms. The first-order valence-electron chi connectivity index (χ1n) is 9.27. The molecule has 28 heavy (non-hydrogen) atoms. The van der Waals surface area contributed by atoms with Crippen molar-refractivity contribution in [3.63, 3.8) is 0 Å². The fourth-order valence-electron chi connectivity index (χ4n) is 3.12. The Bertz CT molecular complexity index is 1120. The van der Waals surface area contributed by atoms with Crippen molar-refractivity contribution >= 4 is 16.9 Å². The number of rotatable bonds is 7. The van der Waals surface area contributed by atoms with E-state index in [1.807, 2.05) is 31.2 Å². The molecule has 0 aliphatic rings. The molecule has 3 aromatic rings. The van der Waals surface area contributed by atoms with Gasteiger partial charge in [0.15, 0.2) is 0 Å². The number of allylic oxidation sites excluding steroid dienone is 1. The zero-order valence-corrected chi connectivity index (χ0v) is 15.9. The molecule has 144 valence electrons. The van der Waals surface area contributed by atoms with Crippen LogP contribution in [-0.4, -0.2) is 21.6 Å². The maximum Gasteiger partial charge on any atom is 0.317 e. The molecule has 0 saturated heterocycles. The molecule has 1 amide bonds. The first-order chi connectivity index (χ1) is 13.6. The number of amides is 1. The monoisotopic (exact) mass is 377 g/mol. The third-order valence-electron chi connectivity index (χ3n) is 4.54. The van der Waals surface area contributed by atoms with Gasteiger partial charge in [-0.2, -0.15) is 0 Å². The summed E-state index contributed by atoms with van der Waals surface area (Å²) >= 11 is 0. The van der Waals surface area contributed by atoms with Gasteiger partial charge in [0.05, 0.1) is 17.6 Å². The normalized spacial score (nSPS) is 10.8. The second kappa shape index (κ2) is 8.52. The van der Waals surface area contributed by atoms with E-state index in [9.17, 15) is 14.4 Å². The van der Waals surface area contributed by atoms with E-state index in [2.05, 4.69) is 11.9 Å². The third kappa shape index (κ3) is 3.81. The number of fused-ring (bicyclic) bond motifs is 1. The molecule has 0 saturated carbocycles. The molecule has 0 aliphatic heterocycles. The zero-order chi connectivity index (χ0) is 20.1. The number of carbonyl (C=O) groups excluding carboxylic acids is 1. The lowest BCUT2D eigenvalue weighted by Gasteiger charge is -2.14. The molecule has 1 heterocycles. The van der Waals surface area contributed by atoms with Crippen LogP contribution >= 0.6 is 0 Å². The number of nitrogens with zero attached hydrogens (tertiary/aromatic N) is 2. The van der Waals surface area contributed by atoms with E-state index in [1.54, 1.807) is 30.3 Å². The van der Waals surface area contributed by atoms with Crippen LogP contribution in [0.5, 0.6) is 0 Å². The van der Waals surface area contributed by atoms with Gasteiger partial charge >= 0.3 is 11.1 Å². The van der Waals surface area contributed by atoms with Crippen LogP contribution in [0.25, 0.3) is 11.0 Å². The average molecular weight is 377 g/mol. The van der Waals surface area contributed by atoms with E-state index in [1.165, 1.54) is 9.13 Å². The highest BCUT2D eigenvalue weighted by molar-refractivity contribution is 5.94. The summed E-state index contributed by atoms with van der Waals surface area (Å²) in [5.74, 6) is -0.122. The molecule has 1 N–H and O–H groups in total. The van der Waals surface area contributed by atoms with Gasteiger partial charge in [-0.15, -0.1) is 6.58 Å². The molecule has 0 unspecified atom stereocenters. The number of para-hydroxylation sites is 2. The number of nitrogens with one attached hydrogen (secondary N) is 1. The van der Waals surface area contributed by atoms with Crippen molar-refractivity contribution in [3.8, 4) is 0 Å². The van der Waals surface area contributed by atoms with Crippen LogP contribution in [0.15, 0.2) is 70.8 Å². The summed E-state index contributed by atoms with van der Waals surface area (Å²) in [6.45, 7) is 6.81. The Labute approximate surface area is 162 Å². The van der Waals surface area contributed by atoms with Crippen molar-refractivity contribution in [2.45, 2.75) is 26.4 Å². The SMILES string of the molecule is C=CCn1c(=O)c(=O)n(Cc2ccc(C(=O)NCCC)cc2)c2ccccc21. The highest BCUT2D eigenvalue weighted by Gasteiger charge is 2.13. The van der Waals surface area contributed by atoms with E-state index in [0.29, 0.717) is 23.1 Å². The van der Waals surface area contributed by atoms with Crippen LogP contribution in [0.3, 0.4) is 0 Å². The molecule has 0 bridgehead atoms. The number of benzene rings is 2. The van der Waals surface area contributed by atoms with Crippen molar-refractivity contribution in [3.05, 3.63) is 93.0 Å². The molecule has 1 aromatic heterocycles. The first kappa shape index (κ1) is 19.4. The predicted molar refractivity (Wildman–Crippen MR) is 111 cm³/mol. The molecular weight excluding hydrogens is 354 g/mol. The fraction of sp³-hybridized carbons (Fsp3) is 0.227. The van der Waals surface area contributed by atoms with Crippen LogP contribution in [0.1, 0.15) is 29.3 Å². The first-order valence-corrected chi connectivity index (χ1v) is 9.27. The molecule has 0 atom stereocenters. The summed E-state index contributed by atoms with van der Waals surface area (Å²) < 4.78 is 2.91. The Balaban J connectivity index is 1.99. The Morgan fingerprint density at radius 2 is 1.61 bits per heavy atom. The Morgan fingerprint density at radius 3 is 2.21 bits per heavy atom. The van der Waals surface area contributed by atoms with Crippen molar-refractivity contribution in [2.24, 2.45) is 0 Å². The van der Waals surface area contributed by atoms with Crippen LogP contribution in [0.4, 0.5) is 0 Å². The summed E-state index contributed by atoms with van der Waals surface area (Å²) in [5.41, 5.74) is 1.61. The second-order valence-corrected chi connectivity index (χ2v) is 6.54. The molecule has 0 aliphatic carbocycles. The Morgan fingerprint density at radius 1 is 1.00 bits per heavy atom. The van der Waals surface area contributed by atoms with E-state index in [4.69, 9.17) is 0 Å². The van der Waals surface area contributed by atoms with Gasteiger partial charge in [-0.05, 0) is 36.2 Å². The molecule has 0 spiro atoms. The van der Waals surface area contributed by atoms with E-state index >= 15 is 0 Å². The van der Waals surface area contributed by atoms with E-state index < -0.39 is 11.1 Å². The standard InChI is InChI=1S/C22H23N3O3/c1-3-13-23-20(26)17-11-9-16(10-12-17)15-25-19-8-6-5-7-18(19)24(14-4-2)21(27)22(25)28/h4-12H,2-3,13-15H2,1H3,(H,23,26). The Kier molecular flexibility index (Phi) is 5.89. The molecule has 0 radical (unpaired) electrons. The molecule has 2 aromatic carbocycles. The maximum absolute atomic E-state index is 12.7. The third-order valence-corrected chi connectivity index (χ3v) is 4.54.